The summed E-state index contributed by atoms with van der Waals surface area (Å²) in [5, 5.41) is 8.43. The van der Waals surface area contributed by atoms with Crippen molar-refractivity contribution in [1.29, 1.82) is 0 Å². The second-order valence-electron chi connectivity index (χ2n) is 9.01. The number of carboxylic acid groups (broad SMARTS) is 1. The van der Waals surface area contributed by atoms with Crippen molar-refractivity contribution in [2.75, 3.05) is 126 Å². The second-order valence-corrected chi connectivity index (χ2v) is 9.01. The molecule has 1 saturated heterocycles. The number of ether oxygens (including phenoxy) is 11. The molecule has 0 radical (unpaired) electrons. The van der Waals surface area contributed by atoms with Crippen LogP contribution < -0.4 is 0 Å². The number of esters is 1. The van der Waals surface area contributed by atoms with E-state index in [0.717, 1.165) is 25.9 Å². The zero-order chi connectivity index (χ0) is 31.1. The van der Waals surface area contributed by atoms with E-state index in [2.05, 4.69) is 0 Å². The molecule has 0 amide bonds. The van der Waals surface area contributed by atoms with Gasteiger partial charge in [-0.15, -0.1) is 0 Å². The lowest BCUT2D eigenvalue weighted by atomic mass is 10.2. The van der Waals surface area contributed by atoms with Crippen LogP contribution >= 0.6 is 0 Å². The van der Waals surface area contributed by atoms with Gasteiger partial charge in [0.1, 0.15) is 6.61 Å². The summed E-state index contributed by atoms with van der Waals surface area (Å²) in [4.78, 5) is 32.6. The molecule has 0 saturated carbocycles. The predicted octanol–water partition coefficient (Wildman–Crippen LogP) is 0.640. The highest BCUT2D eigenvalue weighted by Crippen LogP contribution is 2.13. The summed E-state index contributed by atoms with van der Waals surface area (Å²) in [5.74, 6) is -3.23. The number of hydrogen-bond acceptors (Lipinski definition) is 14. The highest BCUT2D eigenvalue weighted by atomic mass is 16.7. The average molecular weight is 627 g/mol. The summed E-state index contributed by atoms with van der Waals surface area (Å²) >= 11 is 0. The third-order valence-corrected chi connectivity index (χ3v) is 5.56. The molecule has 15 heteroatoms. The molecule has 0 aliphatic carbocycles. The van der Waals surface area contributed by atoms with E-state index in [-0.39, 0.29) is 32.3 Å². The number of carboxylic acids is 1. The van der Waals surface area contributed by atoms with Gasteiger partial charge in [-0.05, 0) is 19.3 Å². The van der Waals surface area contributed by atoms with E-state index in [1.807, 2.05) is 0 Å². The van der Waals surface area contributed by atoms with Crippen molar-refractivity contribution in [2.24, 2.45) is 0 Å². The maximum atomic E-state index is 11.3. The Kier molecular flexibility index (Phi) is 27.6. The Balaban J connectivity index is 1.65. The van der Waals surface area contributed by atoms with Crippen molar-refractivity contribution in [1.82, 2.24) is 0 Å². The molecule has 1 rings (SSSR count). The lowest BCUT2D eigenvalue weighted by molar-refractivity contribution is -0.169. The molecule has 1 unspecified atom stereocenters. The van der Waals surface area contributed by atoms with Crippen LogP contribution in [0.1, 0.15) is 32.1 Å². The van der Waals surface area contributed by atoms with Crippen LogP contribution in [0.25, 0.3) is 0 Å². The number of hydrogen-bond donors (Lipinski definition) is 1. The van der Waals surface area contributed by atoms with Gasteiger partial charge in [0, 0.05) is 13.0 Å². The van der Waals surface area contributed by atoms with Crippen molar-refractivity contribution in [2.45, 2.75) is 38.4 Å². The summed E-state index contributed by atoms with van der Waals surface area (Å²) in [6.45, 7) is 8.37. The van der Waals surface area contributed by atoms with Gasteiger partial charge >= 0.3 is 11.9 Å². The smallest absolute Gasteiger partial charge is 0.372 e. The highest BCUT2D eigenvalue weighted by molar-refractivity contribution is 6.32. The largest absolute Gasteiger partial charge is 0.476 e. The van der Waals surface area contributed by atoms with Gasteiger partial charge < -0.3 is 57.2 Å². The van der Waals surface area contributed by atoms with Crippen molar-refractivity contribution < 1.29 is 71.6 Å². The van der Waals surface area contributed by atoms with Crippen molar-refractivity contribution in [3.05, 3.63) is 0 Å². The van der Waals surface area contributed by atoms with Crippen molar-refractivity contribution in [3.63, 3.8) is 0 Å². The molecular weight excluding hydrogens is 576 g/mol. The summed E-state index contributed by atoms with van der Waals surface area (Å²) in [6, 6.07) is 0. The van der Waals surface area contributed by atoms with Crippen LogP contribution in [0.2, 0.25) is 0 Å². The average Bonchev–Trinajstić information content (AvgIpc) is 3.01. The number of carbonyl (C=O) groups is 3. The van der Waals surface area contributed by atoms with Crippen LogP contribution in [0.3, 0.4) is 0 Å². The number of ketones is 1. The Labute approximate surface area is 253 Å². The van der Waals surface area contributed by atoms with Crippen LogP contribution in [0.4, 0.5) is 0 Å². The molecule has 1 aliphatic heterocycles. The molecule has 0 aromatic heterocycles. The molecule has 252 valence electrons. The Morgan fingerprint density at radius 2 is 0.930 bits per heavy atom. The number of aliphatic carboxylic acids is 1. The quantitative estimate of drug-likeness (QED) is 0.0626. The fourth-order valence-corrected chi connectivity index (χ4v) is 3.33. The number of carbonyl (C=O) groups excluding carboxylic acids is 2. The van der Waals surface area contributed by atoms with E-state index in [1.165, 1.54) is 0 Å². The Hall–Kier alpha value is -1.79. The van der Waals surface area contributed by atoms with Crippen molar-refractivity contribution in [3.8, 4) is 0 Å². The minimum absolute atomic E-state index is 0.0169. The van der Waals surface area contributed by atoms with Gasteiger partial charge in [0.2, 0.25) is 5.78 Å². The maximum Gasteiger partial charge on any atom is 0.372 e. The molecular formula is C28H50O15. The van der Waals surface area contributed by atoms with Crippen LogP contribution in [-0.2, 0) is 66.5 Å². The lowest BCUT2D eigenvalue weighted by Crippen LogP contribution is -2.24. The predicted molar refractivity (Wildman–Crippen MR) is 149 cm³/mol. The number of Topliss-reactive ketones (excluding diaryl/α,β-unsaturated/α-hetero) is 1. The first-order chi connectivity index (χ1) is 21.1. The Morgan fingerprint density at radius 1 is 0.535 bits per heavy atom. The Bertz CT molecular complexity index is 673. The highest BCUT2D eigenvalue weighted by Gasteiger charge is 2.14. The zero-order valence-electron chi connectivity index (χ0n) is 25.2. The molecule has 1 heterocycles. The van der Waals surface area contributed by atoms with Gasteiger partial charge in [-0.1, -0.05) is 0 Å². The molecule has 43 heavy (non-hydrogen) atoms. The third-order valence-electron chi connectivity index (χ3n) is 5.56. The summed E-state index contributed by atoms with van der Waals surface area (Å²) in [7, 11) is 0. The fourth-order valence-electron chi connectivity index (χ4n) is 3.33. The van der Waals surface area contributed by atoms with Gasteiger partial charge in [-0.2, -0.15) is 0 Å². The first-order valence-corrected chi connectivity index (χ1v) is 14.9. The third kappa shape index (κ3) is 27.5. The van der Waals surface area contributed by atoms with E-state index in [4.69, 9.17) is 57.2 Å². The lowest BCUT2D eigenvalue weighted by Gasteiger charge is -2.22. The summed E-state index contributed by atoms with van der Waals surface area (Å²) in [6.07, 6.45) is 2.49. The molecule has 0 bridgehead atoms. The van der Waals surface area contributed by atoms with E-state index in [1.54, 1.807) is 0 Å². The van der Waals surface area contributed by atoms with E-state index in [0.29, 0.717) is 106 Å². The van der Waals surface area contributed by atoms with Crippen LogP contribution in [-0.4, -0.2) is 155 Å². The molecule has 0 spiro atoms. The van der Waals surface area contributed by atoms with Crippen LogP contribution in [0.5, 0.6) is 0 Å². The molecule has 1 N–H and O–H groups in total. The molecule has 1 fully saturated rings. The topological polar surface area (TPSA) is 173 Å². The van der Waals surface area contributed by atoms with Crippen molar-refractivity contribution >= 4 is 17.7 Å². The van der Waals surface area contributed by atoms with E-state index < -0.39 is 17.7 Å². The first-order valence-electron chi connectivity index (χ1n) is 14.9. The molecule has 0 aromatic rings. The number of rotatable bonds is 32. The first kappa shape index (κ1) is 39.2. The Morgan fingerprint density at radius 3 is 1.30 bits per heavy atom. The molecule has 15 nitrogen and oxygen atoms in total. The fraction of sp³-hybridized carbons (Fsp3) is 0.893. The SMILES string of the molecule is O=C(CCC(=O)C(=O)O)OCCOCCOCCOCCOCCOCCOCCOCCOCCOC1CCCCO1. The molecule has 1 aliphatic rings. The maximum absolute atomic E-state index is 11.3. The monoisotopic (exact) mass is 626 g/mol. The normalized spacial score (nSPS) is 15.0. The van der Waals surface area contributed by atoms with Crippen LogP contribution in [0, 0.1) is 0 Å². The van der Waals surface area contributed by atoms with Gasteiger partial charge in [0.05, 0.1) is 119 Å². The summed E-state index contributed by atoms with van der Waals surface area (Å²) < 4.78 is 59.2. The second kappa shape index (κ2) is 30.2. The van der Waals surface area contributed by atoms with E-state index in [9.17, 15) is 14.4 Å². The molecule has 1 atom stereocenters. The van der Waals surface area contributed by atoms with Gasteiger partial charge in [-0.25, -0.2) is 4.79 Å². The standard InChI is InChI=1S/C28H50O15/c29-25(28(31)32)4-5-26(30)41-23-21-39-19-17-37-15-13-35-11-9-33-7-8-34-10-12-36-14-16-38-18-20-40-22-24-43-27-3-1-2-6-42-27/h27H,1-24H2,(H,31,32). The minimum atomic E-state index is -1.56. The van der Waals surface area contributed by atoms with Gasteiger partial charge in [-0.3, -0.25) is 9.59 Å². The minimum Gasteiger partial charge on any atom is -0.476 e. The van der Waals surface area contributed by atoms with Gasteiger partial charge in [0.25, 0.3) is 0 Å². The van der Waals surface area contributed by atoms with Crippen LogP contribution in [0.15, 0.2) is 0 Å². The zero-order valence-corrected chi connectivity index (χ0v) is 25.2. The van der Waals surface area contributed by atoms with E-state index >= 15 is 0 Å². The summed E-state index contributed by atoms with van der Waals surface area (Å²) in [5.41, 5.74) is 0. The van der Waals surface area contributed by atoms with Gasteiger partial charge in [0.15, 0.2) is 6.29 Å². The molecule has 0 aromatic carbocycles.